The predicted molar refractivity (Wildman–Crippen MR) is 82.2 cm³/mol. The Bertz CT molecular complexity index is 603. The first-order chi connectivity index (χ1) is 9.74. The van der Waals surface area contributed by atoms with Crippen LogP contribution in [-0.4, -0.2) is 16.5 Å². The van der Waals surface area contributed by atoms with Gasteiger partial charge in [0.25, 0.3) is 0 Å². The fourth-order valence-corrected chi connectivity index (χ4v) is 2.46. The van der Waals surface area contributed by atoms with Gasteiger partial charge >= 0.3 is 0 Å². The topological polar surface area (TPSA) is 37.8 Å². The molecule has 1 aliphatic rings. The van der Waals surface area contributed by atoms with Crippen LogP contribution >= 0.6 is 0 Å². The van der Waals surface area contributed by atoms with Gasteiger partial charge in [-0.25, -0.2) is 9.97 Å². The zero-order valence-electron chi connectivity index (χ0n) is 12.2. The van der Waals surface area contributed by atoms with E-state index in [0.29, 0.717) is 5.92 Å². The van der Waals surface area contributed by atoms with Crippen molar-refractivity contribution in [2.24, 2.45) is 0 Å². The summed E-state index contributed by atoms with van der Waals surface area (Å²) in [4.78, 5) is 9.39. The van der Waals surface area contributed by atoms with Crippen molar-refractivity contribution >= 4 is 5.82 Å². The summed E-state index contributed by atoms with van der Waals surface area (Å²) in [6.45, 7) is 5.11. The Labute approximate surface area is 120 Å². The molecular formula is C17H21N3. The minimum atomic E-state index is 0.659. The Morgan fingerprint density at radius 3 is 2.75 bits per heavy atom. The van der Waals surface area contributed by atoms with Crippen LogP contribution < -0.4 is 5.32 Å². The van der Waals surface area contributed by atoms with Crippen LogP contribution in [0, 0.1) is 6.92 Å². The zero-order valence-corrected chi connectivity index (χ0v) is 12.2. The van der Waals surface area contributed by atoms with E-state index in [2.05, 4.69) is 54.5 Å². The second-order valence-corrected chi connectivity index (χ2v) is 5.56. The van der Waals surface area contributed by atoms with Crippen molar-refractivity contribution in [1.82, 2.24) is 9.97 Å². The Kier molecular flexibility index (Phi) is 3.68. The van der Waals surface area contributed by atoms with Crippen LogP contribution in [0.2, 0.25) is 0 Å². The molecule has 0 radical (unpaired) electrons. The molecule has 20 heavy (non-hydrogen) atoms. The highest BCUT2D eigenvalue weighted by atomic mass is 15.0. The quantitative estimate of drug-likeness (QED) is 0.898. The van der Waals surface area contributed by atoms with E-state index in [1.165, 1.54) is 29.7 Å². The maximum atomic E-state index is 4.75. The molecular weight excluding hydrogens is 246 g/mol. The third kappa shape index (κ3) is 3.16. The average molecular weight is 267 g/mol. The Morgan fingerprint density at radius 1 is 1.20 bits per heavy atom. The Balaban J connectivity index is 1.87. The number of anilines is 1. The molecule has 3 rings (SSSR count). The number of hydrogen-bond donors (Lipinski definition) is 1. The summed E-state index contributed by atoms with van der Waals surface area (Å²) in [5.41, 5.74) is 3.77. The molecule has 0 bridgehead atoms. The molecule has 1 aromatic carbocycles. The van der Waals surface area contributed by atoms with E-state index in [1.54, 1.807) is 0 Å². The molecule has 0 atom stereocenters. The monoisotopic (exact) mass is 267 g/mol. The predicted octanol–water partition coefficient (Wildman–Crippen LogP) is 3.69. The molecule has 1 aliphatic carbocycles. The summed E-state index contributed by atoms with van der Waals surface area (Å²) in [6.07, 6.45) is 3.35. The van der Waals surface area contributed by atoms with Crippen molar-refractivity contribution < 1.29 is 0 Å². The number of rotatable bonds is 5. The normalized spacial score (nSPS) is 14.3. The molecule has 0 amide bonds. The molecule has 104 valence electrons. The van der Waals surface area contributed by atoms with Crippen molar-refractivity contribution in [2.75, 3.05) is 11.9 Å². The van der Waals surface area contributed by atoms with Crippen LogP contribution in [0.15, 0.2) is 30.3 Å². The molecule has 1 saturated carbocycles. The lowest BCUT2D eigenvalue weighted by atomic mass is 10.1. The Hall–Kier alpha value is -1.90. The van der Waals surface area contributed by atoms with Gasteiger partial charge in [-0.2, -0.15) is 0 Å². The molecule has 1 N–H and O–H groups in total. The smallest absolute Gasteiger partial charge is 0.135 e. The van der Waals surface area contributed by atoms with E-state index >= 15 is 0 Å². The lowest BCUT2D eigenvalue weighted by molar-refractivity contribution is 0.897. The second kappa shape index (κ2) is 5.61. The molecule has 2 aromatic rings. The lowest BCUT2D eigenvalue weighted by Crippen LogP contribution is -2.06. The van der Waals surface area contributed by atoms with Crippen molar-refractivity contribution in [1.29, 1.82) is 0 Å². The number of aryl methyl sites for hydroxylation is 1. The van der Waals surface area contributed by atoms with Gasteiger partial charge < -0.3 is 5.32 Å². The van der Waals surface area contributed by atoms with Gasteiger partial charge in [-0.05, 0) is 32.3 Å². The second-order valence-electron chi connectivity index (χ2n) is 5.56. The maximum absolute atomic E-state index is 4.75. The van der Waals surface area contributed by atoms with E-state index in [0.717, 1.165) is 24.6 Å². The van der Waals surface area contributed by atoms with E-state index in [-0.39, 0.29) is 0 Å². The first kappa shape index (κ1) is 13.1. The van der Waals surface area contributed by atoms with Crippen LogP contribution in [0.3, 0.4) is 0 Å². The first-order valence-corrected chi connectivity index (χ1v) is 7.42. The molecule has 0 aliphatic heterocycles. The minimum absolute atomic E-state index is 0.659. The van der Waals surface area contributed by atoms with Gasteiger partial charge in [-0.1, -0.05) is 29.8 Å². The largest absolute Gasteiger partial charge is 0.370 e. The van der Waals surface area contributed by atoms with Gasteiger partial charge in [-0.15, -0.1) is 0 Å². The average Bonchev–Trinajstić information content (AvgIpc) is 3.23. The van der Waals surface area contributed by atoms with Gasteiger partial charge in [0.1, 0.15) is 11.6 Å². The third-order valence-electron chi connectivity index (χ3n) is 3.59. The third-order valence-corrected chi connectivity index (χ3v) is 3.59. The van der Waals surface area contributed by atoms with Gasteiger partial charge in [-0.3, -0.25) is 0 Å². The molecule has 1 heterocycles. The van der Waals surface area contributed by atoms with Crippen LogP contribution in [-0.2, 0) is 6.42 Å². The maximum Gasteiger partial charge on any atom is 0.135 e. The summed E-state index contributed by atoms with van der Waals surface area (Å²) < 4.78 is 0. The van der Waals surface area contributed by atoms with Gasteiger partial charge in [0.2, 0.25) is 0 Å². The van der Waals surface area contributed by atoms with E-state index in [4.69, 9.17) is 4.98 Å². The van der Waals surface area contributed by atoms with Crippen molar-refractivity contribution in [3.63, 3.8) is 0 Å². The Morgan fingerprint density at radius 2 is 2.05 bits per heavy atom. The van der Waals surface area contributed by atoms with E-state index in [1.807, 2.05) is 0 Å². The summed E-state index contributed by atoms with van der Waals surface area (Å²) >= 11 is 0. The number of aromatic nitrogens is 2. The lowest BCUT2D eigenvalue weighted by Gasteiger charge is -2.09. The van der Waals surface area contributed by atoms with Crippen molar-refractivity contribution in [2.45, 2.75) is 39.0 Å². The molecule has 0 unspecified atom stereocenters. The molecule has 1 aromatic heterocycles. The molecule has 0 spiro atoms. The van der Waals surface area contributed by atoms with Crippen LogP contribution in [0.1, 0.15) is 48.3 Å². The van der Waals surface area contributed by atoms with E-state index < -0.39 is 0 Å². The van der Waals surface area contributed by atoms with Crippen LogP contribution in [0.5, 0.6) is 0 Å². The van der Waals surface area contributed by atoms with Crippen LogP contribution in [0.25, 0.3) is 0 Å². The van der Waals surface area contributed by atoms with Gasteiger partial charge in [0.05, 0.1) is 0 Å². The highest BCUT2D eigenvalue weighted by Crippen LogP contribution is 2.39. The fraction of sp³-hybridized carbons (Fsp3) is 0.412. The fourth-order valence-electron chi connectivity index (χ4n) is 2.46. The van der Waals surface area contributed by atoms with E-state index in [9.17, 15) is 0 Å². The first-order valence-electron chi connectivity index (χ1n) is 7.42. The van der Waals surface area contributed by atoms with Gasteiger partial charge in [0, 0.05) is 30.6 Å². The summed E-state index contributed by atoms with van der Waals surface area (Å²) in [7, 11) is 0. The molecule has 3 heteroatoms. The summed E-state index contributed by atoms with van der Waals surface area (Å²) in [5.74, 6) is 2.55. The highest BCUT2D eigenvalue weighted by Gasteiger charge is 2.26. The molecule has 3 nitrogen and oxygen atoms in total. The molecule has 0 saturated heterocycles. The number of hydrogen-bond acceptors (Lipinski definition) is 3. The van der Waals surface area contributed by atoms with Crippen molar-refractivity contribution in [3.05, 3.63) is 53.0 Å². The number of nitrogens with one attached hydrogen (secondary N) is 1. The number of benzene rings is 1. The zero-order chi connectivity index (χ0) is 13.9. The standard InChI is InChI=1S/C17H21N3/c1-3-18-16-11-15(14-7-8-14)19-17(20-16)10-13-6-4-5-12(2)9-13/h4-6,9,11,14H,3,7-8,10H2,1-2H3,(H,18,19,20). The van der Waals surface area contributed by atoms with Gasteiger partial charge in [0.15, 0.2) is 0 Å². The highest BCUT2D eigenvalue weighted by molar-refractivity contribution is 5.39. The SMILES string of the molecule is CCNc1cc(C2CC2)nc(Cc2cccc(C)c2)n1. The van der Waals surface area contributed by atoms with Crippen molar-refractivity contribution in [3.8, 4) is 0 Å². The molecule has 1 fully saturated rings. The number of nitrogens with zero attached hydrogens (tertiary/aromatic N) is 2. The van der Waals surface area contributed by atoms with Crippen LogP contribution in [0.4, 0.5) is 5.82 Å². The summed E-state index contributed by atoms with van der Waals surface area (Å²) in [6, 6.07) is 10.7. The summed E-state index contributed by atoms with van der Waals surface area (Å²) in [5, 5.41) is 3.32. The minimum Gasteiger partial charge on any atom is -0.370 e.